The first-order valence-corrected chi connectivity index (χ1v) is 9.27. The Labute approximate surface area is 165 Å². The maximum absolute atomic E-state index is 13.3. The third-order valence-corrected chi connectivity index (χ3v) is 5.40. The Bertz CT molecular complexity index is 1150. The topological polar surface area (TPSA) is 91.0 Å². The van der Waals surface area contributed by atoms with Gasteiger partial charge in [-0.2, -0.15) is 0 Å². The number of nitrogens with zero attached hydrogens (tertiary/aromatic N) is 1. The normalized spacial score (nSPS) is 16.0. The fourth-order valence-electron chi connectivity index (χ4n) is 3.65. The van der Waals surface area contributed by atoms with Gasteiger partial charge in [-0.05, 0) is 48.7 Å². The lowest BCUT2D eigenvalue weighted by atomic mass is 9.98. The summed E-state index contributed by atoms with van der Waals surface area (Å²) in [6, 6.07) is 8.92. The van der Waals surface area contributed by atoms with Crippen LogP contribution in [0, 0.1) is 6.92 Å². The lowest BCUT2D eigenvalue weighted by Gasteiger charge is -2.24. The molecule has 1 unspecified atom stereocenters. The van der Waals surface area contributed by atoms with Crippen LogP contribution in [0.25, 0.3) is 11.0 Å². The summed E-state index contributed by atoms with van der Waals surface area (Å²) in [4.78, 5) is 27.8. The van der Waals surface area contributed by atoms with Crippen LogP contribution in [0.5, 0.6) is 5.75 Å². The highest BCUT2D eigenvalue weighted by Gasteiger charge is 2.42. The molecular formula is C21H18ClNO5. The summed E-state index contributed by atoms with van der Waals surface area (Å²) in [6.45, 7) is 1.94. The van der Waals surface area contributed by atoms with E-state index in [9.17, 15) is 19.8 Å². The Morgan fingerprint density at radius 1 is 1.21 bits per heavy atom. The molecule has 2 N–H and O–H groups in total. The van der Waals surface area contributed by atoms with Crippen molar-refractivity contribution in [3.63, 3.8) is 0 Å². The number of rotatable bonds is 4. The standard InChI is InChI=1S/C21H18ClNO5/c1-11-8-16-14(10-15(11)22)19(26)17-18(12-4-2-5-13(25)9-12)23(6-3-7-24)21(27)20(17)28-16/h2,4-5,8-10,18,24-25H,3,6-7H2,1H3. The predicted molar refractivity (Wildman–Crippen MR) is 105 cm³/mol. The molecule has 4 rings (SSSR count). The van der Waals surface area contributed by atoms with Gasteiger partial charge in [0, 0.05) is 18.2 Å². The lowest BCUT2D eigenvalue weighted by molar-refractivity contribution is 0.0716. The van der Waals surface area contributed by atoms with Crippen LogP contribution < -0.4 is 5.43 Å². The molecule has 0 radical (unpaired) electrons. The Balaban J connectivity index is 2.00. The van der Waals surface area contributed by atoms with Gasteiger partial charge in [0.2, 0.25) is 5.76 Å². The number of phenolic OH excluding ortho intramolecular Hbond substituents is 1. The van der Waals surface area contributed by atoms with Crippen molar-refractivity contribution in [1.29, 1.82) is 0 Å². The van der Waals surface area contributed by atoms with Gasteiger partial charge < -0.3 is 19.5 Å². The smallest absolute Gasteiger partial charge is 0.290 e. The molecule has 1 atom stereocenters. The van der Waals surface area contributed by atoms with E-state index < -0.39 is 11.9 Å². The molecule has 2 aromatic carbocycles. The second kappa shape index (κ2) is 6.96. The second-order valence-corrected chi connectivity index (χ2v) is 7.25. The number of halogens is 1. The molecule has 2 heterocycles. The van der Waals surface area contributed by atoms with E-state index in [1.54, 1.807) is 31.2 Å². The molecule has 1 aliphatic rings. The molecule has 0 saturated heterocycles. The number of hydrogen-bond donors (Lipinski definition) is 2. The van der Waals surface area contributed by atoms with Gasteiger partial charge in [0.05, 0.1) is 17.0 Å². The average Bonchev–Trinajstić information content (AvgIpc) is 2.94. The maximum atomic E-state index is 13.3. The summed E-state index contributed by atoms with van der Waals surface area (Å²) < 4.78 is 5.85. The molecule has 0 spiro atoms. The van der Waals surface area contributed by atoms with E-state index in [4.69, 9.17) is 16.0 Å². The van der Waals surface area contributed by atoms with Crippen molar-refractivity contribution in [1.82, 2.24) is 4.90 Å². The summed E-state index contributed by atoms with van der Waals surface area (Å²) in [5.41, 5.74) is 1.53. The highest BCUT2D eigenvalue weighted by molar-refractivity contribution is 6.32. The van der Waals surface area contributed by atoms with Crippen LogP contribution in [0.4, 0.5) is 0 Å². The van der Waals surface area contributed by atoms with E-state index in [0.29, 0.717) is 28.0 Å². The predicted octanol–water partition coefficient (Wildman–Crippen LogP) is 3.39. The molecule has 3 aromatic rings. The minimum atomic E-state index is -0.707. The molecule has 0 saturated carbocycles. The van der Waals surface area contributed by atoms with Crippen molar-refractivity contribution >= 4 is 28.5 Å². The van der Waals surface area contributed by atoms with Gasteiger partial charge in [0.1, 0.15) is 11.3 Å². The monoisotopic (exact) mass is 399 g/mol. The summed E-state index contributed by atoms with van der Waals surface area (Å²) in [5.74, 6) is -0.391. The van der Waals surface area contributed by atoms with Gasteiger partial charge in [0.15, 0.2) is 5.43 Å². The van der Waals surface area contributed by atoms with Gasteiger partial charge in [-0.3, -0.25) is 9.59 Å². The number of aliphatic hydroxyl groups is 1. The average molecular weight is 400 g/mol. The number of hydrogen-bond acceptors (Lipinski definition) is 5. The number of phenols is 1. The van der Waals surface area contributed by atoms with E-state index in [-0.39, 0.29) is 35.7 Å². The van der Waals surface area contributed by atoms with Crippen LogP contribution in [0.3, 0.4) is 0 Å². The van der Waals surface area contributed by atoms with Crippen molar-refractivity contribution in [2.45, 2.75) is 19.4 Å². The van der Waals surface area contributed by atoms with Crippen LogP contribution in [0.2, 0.25) is 5.02 Å². The third kappa shape index (κ3) is 2.85. The first-order chi connectivity index (χ1) is 13.4. The first-order valence-electron chi connectivity index (χ1n) is 8.90. The van der Waals surface area contributed by atoms with Gasteiger partial charge in [-0.25, -0.2) is 0 Å². The van der Waals surface area contributed by atoms with Crippen molar-refractivity contribution in [3.05, 3.63) is 74.1 Å². The van der Waals surface area contributed by atoms with Crippen molar-refractivity contribution in [2.75, 3.05) is 13.2 Å². The SMILES string of the molecule is Cc1cc2oc3c(c(=O)c2cc1Cl)C(c1cccc(O)c1)N(CCCO)C3=O. The second-order valence-electron chi connectivity index (χ2n) is 6.84. The number of amides is 1. The summed E-state index contributed by atoms with van der Waals surface area (Å²) in [5, 5.41) is 19.9. The Morgan fingerprint density at radius 2 is 2.00 bits per heavy atom. The third-order valence-electron chi connectivity index (χ3n) is 4.99. The van der Waals surface area contributed by atoms with Gasteiger partial charge in [-0.1, -0.05) is 23.7 Å². The molecule has 0 bridgehead atoms. The minimum absolute atomic E-state index is 0.00879. The minimum Gasteiger partial charge on any atom is -0.508 e. The van der Waals surface area contributed by atoms with Crippen molar-refractivity contribution in [2.24, 2.45) is 0 Å². The van der Waals surface area contributed by atoms with E-state index in [2.05, 4.69) is 0 Å². The molecule has 0 fully saturated rings. The van der Waals surface area contributed by atoms with Crippen molar-refractivity contribution in [3.8, 4) is 5.75 Å². The largest absolute Gasteiger partial charge is 0.508 e. The zero-order valence-electron chi connectivity index (χ0n) is 15.1. The molecule has 6 nitrogen and oxygen atoms in total. The fraction of sp³-hybridized carbons (Fsp3) is 0.238. The lowest BCUT2D eigenvalue weighted by Crippen LogP contribution is -2.31. The quantitative estimate of drug-likeness (QED) is 0.701. The van der Waals surface area contributed by atoms with Gasteiger partial charge in [-0.15, -0.1) is 0 Å². The molecule has 7 heteroatoms. The van der Waals surface area contributed by atoms with E-state index in [1.807, 2.05) is 0 Å². The molecule has 144 valence electrons. The van der Waals surface area contributed by atoms with Crippen LogP contribution in [0.1, 0.15) is 39.7 Å². The molecular weight excluding hydrogens is 382 g/mol. The summed E-state index contributed by atoms with van der Waals surface area (Å²) in [6.07, 6.45) is 0.355. The number of aliphatic hydroxyl groups excluding tert-OH is 1. The number of carbonyl (C=O) groups excluding carboxylic acids is 1. The van der Waals surface area contributed by atoms with Crippen LogP contribution in [-0.4, -0.2) is 34.2 Å². The molecule has 0 aliphatic carbocycles. The molecule has 1 aromatic heterocycles. The zero-order valence-corrected chi connectivity index (χ0v) is 15.9. The van der Waals surface area contributed by atoms with Crippen LogP contribution >= 0.6 is 11.6 Å². The van der Waals surface area contributed by atoms with E-state index >= 15 is 0 Å². The van der Waals surface area contributed by atoms with Crippen LogP contribution in [-0.2, 0) is 0 Å². The number of benzene rings is 2. The molecule has 28 heavy (non-hydrogen) atoms. The van der Waals surface area contributed by atoms with Gasteiger partial charge >= 0.3 is 0 Å². The fourth-order valence-corrected chi connectivity index (χ4v) is 3.82. The number of aromatic hydroxyl groups is 1. The van der Waals surface area contributed by atoms with Crippen molar-refractivity contribution < 1.29 is 19.4 Å². The highest BCUT2D eigenvalue weighted by Crippen LogP contribution is 2.39. The van der Waals surface area contributed by atoms with Gasteiger partial charge in [0.25, 0.3) is 5.91 Å². The number of aryl methyl sites for hydroxylation is 1. The Morgan fingerprint density at radius 3 is 2.71 bits per heavy atom. The Kier molecular flexibility index (Phi) is 4.61. The van der Waals surface area contributed by atoms with Crippen LogP contribution in [0.15, 0.2) is 45.6 Å². The zero-order chi connectivity index (χ0) is 20.0. The summed E-state index contributed by atoms with van der Waals surface area (Å²) in [7, 11) is 0. The Hall–Kier alpha value is -2.83. The van der Waals surface area contributed by atoms with E-state index in [0.717, 1.165) is 5.56 Å². The molecule has 1 amide bonds. The first kappa shape index (κ1) is 18.5. The number of carbonyl (C=O) groups is 1. The van der Waals surface area contributed by atoms with E-state index in [1.165, 1.54) is 17.0 Å². The highest BCUT2D eigenvalue weighted by atomic mass is 35.5. The number of fused-ring (bicyclic) bond motifs is 2. The summed E-state index contributed by atoms with van der Waals surface area (Å²) >= 11 is 6.19. The molecule has 1 aliphatic heterocycles. The maximum Gasteiger partial charge on any atom is 0.290 e.